The number of nitrogens with two attached hydrogens (primary N) is 1. The fourth-order valence-electron chi connectivity index (χ4n) is 4.93. The first kappa shape index (κ1) is 21.9. The zero-order valence-corrected chi connectivity index (χ0v) is 19.8. The lowest BCUT2D eigenvalue weighted by atomic mass is 10.2. The van der Waals surface area contributed by atoms with Crippen LogP contribution < -0.4 is 21.1 Å². The summed E-state index contributed by atoms with van der Waals surface area (Å²) in [6.45, 7) is 0. The van der Waals surface area contributed by atoms with Crippen molar-refractivity contribution in [3.8, 4) is 17.1 Å². The third-order valence-electron chi connectivity index (χ3n) is 6.70. The van der Waals surface area contributed by atoms with E-state index in [1.54, 1.807) is 31.4 Å². The number of fused-ring (bicyclic) bond motifs is 2. The average molecular weight is 483 g/mol. The van der Waals surface area contributed by atoms with E-state index in [1.165, 1.54) is 19.2 Å². The monoisotopic (exact) mass is 482 g/mol. The van der Waals surface area contributed by atoms with Gasteiger partial charge in [0, 0.05) is 29.2 Å². The lowest BCUT2D eigenvalue weighted by molar-refractivity contribution is 0.262. The number of aromatic amines is 1. The van der Waals surface area contributed by atoms with E-state index in [2.05, 4.69) is 36.3 Å². The smallest absolute Gasteiger partial charge is 0.323 e. The molecule has 2 aromatic carbocycles. The van der Waals surface area contributed by atoms with E-state index in [0.717, 1.165) is 46.2 Å². The molecule has 1 aliphatic rings. The van der Waals surface area contributed by atoms with Crippen LogP contribution in [0.4, 0.5) is 22.0 Å². The highest BCUT2D eigenvalue weighted by Gasteiger charge is 2.24. The van der Waals surface area contributed by atoms with Crippen molar-refractivity contribution >= 4 is 45.3 Å². The zero-order valence-electron chi connectivity index (χ0n) is 19.8. The molecule has 1 fully saturated rings. The van der Waals surface area contributed by atoms with Crippen LogP contribution in [0.3, 0.4) is 0 Å². The second-order valence-corrected chi connectivity index (χ2v) is 8.97. The van der Waals surface area contributed by atoms with Crippen molar-refractivity contribution in [1.82, 2.24) is 24.5 Å². The number of anilines is 3. The zero-order chi connectivity index (χ0) is 24.6. The molecule has 0 spiro atoms. The standard InChI is InChI=1S/C26H26N8O2/c1-36-18-9-6-15(7-10-18)30-26(35)31-16-8-11-20-21(12-16)33-24(32-20)19-13-34(17-4-2-3-5-17)25-22(19)23(27)28-14-29-25/h6-14,17H,2-5H2,1H3,(H,32,33)(H2,27,28,29)(H2,30,31,35). The summed E-state index contributed by atoms with van der Waals surface area (Å²) in [5, 5.41) is 6.49. The summed E-state index contributed by atoms with van der Waals surface area (Å²) in [7, 11) is 1.60. The Morgan fingerprint density at radius 2 is 1.83 bits per heavy atom. The Morgan fingerprint density at radius 3 is 2.61 bits per heavy atom. The summed E-state index contributed by atoms with van der Waals surface area (Å²) >= 11 is 0. The molecule has 5 aromatic rings. The van der Waals surface area contributed by atoms with Gasteiger partial charge in [0.15, 0.2) is 0 Å². The highest BCUT2D eigenvalue weighted by molar-refractivity contribution is 6.02. The fourth-order valence-corrected chi connectivity index (χ4v) is 4.93. The van der Waals surface area contributed by atoms with E-state index in [9.17, 15) is 4.79 Å². The lowest BCUT2D eigenvalue weighted by Crippen LogP contribution is -2.19. The minimum Gasteiger partial charge on any atom is -0.497 e. The van der Waals surface area contributed by atoms with Crippen LogP contribution in [0.2, 0.25) is 0 Å². The van der Waals surface area contributed by atoms with E-state index in [-0.39, 0.29) is 6.03 Å². The summed E-state index contributed by atoms with van der Waals surface area (Å²) < 4.78 is 7.37. The van der Waals surface area contributed by atoms with Crippen molar-refractivity contribution in [1.29, 1.82) is 0 Å². The number of imidazole rings is 1. The molecular formula is C26H26N8O2. The maximum absolute atomic E-state index is 12.5. The fraction of sp³-hybridized carbons (Fsp3) is 0.231. The number of nitrogens with zero attached hydrogens (tertiary/aromatic N) is 4. The summed E-state index contributed by atoms with van der Waals surface area (Å²) in [5.74, 6) is 1.85. The number of rotatable bonds is 5. The number of carbonyl (C=O) groups excluding carboxylic acids is 1. The van der Waals surface area contributed by atoms with Crippen molar-refractivity contribution in [3.05, 3.63) is 55.0 Å². The number of methoxy groups -OCH3 is 1. The van der Waals surface area contributed by atoms with Gasteiger partial charge in [-0.2, -0.15) is 0 Å². The molecule has 36 heavy (non-hydrogen) atoms. The van der Waals surface area contributed by atoms with Crippen LogP contribution in [-0.4, -0.2) is 37.6 Å². The van der Waals surface area contributed by atoms with Gasteiger partial charge in [0.05, 0.1) is 23.5 Å². The molecular weight excluding hydrogens is 456 g/mol. The quantitative estimate of drug-likeness (QED) is 0.267. The third kappa shape index (κ3) is 3.96. The van der Waals surface area contributed by atoms with Gasteiger partial charge in [-0.15, -0.1) is 0 Å². The molecule has 0 aliphatic heterocycles. The van der Waals surface area contributed by atoms with Gasteiger partial charge in [-0.05, 0) is 55.3 Å². The van der Waals surface area contributed by atoms with Crippen LogP contribution in [0, 0.1) is 0 Å². The number of nitrogen functional groups attached to an aromatic ring is 1. The highest BCUT2D eigenvalue weighted by atomic mass is 16.5. The van der Waals surface area contributed by atoms with Crippen LogP contribution in [0.1, 0.15) is 31.7 Å². The number of hydrogen-bond donors (Lipinski definition) is 4. The maximum Gasteiger partial charge on any atom is 0.323 e. The van der Waals surface area contributed by atoms with E-state index in [0.29, 0.717) is 29.1 Å². The van der Waals surface area contributed by atoms with Crippen LogP contribution in [-0.2, 0) is 0 Å². The van der Waals surface area contributed by atoms with Gasteiger partial charge in [0.2, 0.25) is 0 Å². The number of H-pyrrole nitrogens is 1. The second kappa shape index (κ2) is 8.88. The Kier molecular flexibility index (Phi) is 5.40. The summed E-state index contributed by atoms with van der Waals surface area (Å²) in [6.07, 6.45) is 8.28. The molecule has 0 bridgehead atoms. The Hall–Kier alpha value is -4.60. The van der Waals surface area contributed by atoms with Crippen LogP contribution in [0.5, 0.6) is 5.75 Å². The molecule has 10 nitrogen and oxygen atoms in total. The van der Waals surface area contributed by atoms with Crippen molar-refractivity contribution in [2.45, 2.75) is 31.7 Å². The first-order valence-electron chi connectivity index (χ1n) is 11.9. The number of nitrogens with one attached hydrogen (secondary N) is 3. The topological polar surface area (TPSA) is 136 Å². The average Bonchev–Trinajstić information content (AvgIpc) is 3.62. The molecule has 0 radical (unpaired) electrons. The number of aromatic nitrogens is 5. The predicted octanol–water partition coefficient (Wildman–Crippen LogP) is 5.32. The molecule has 2 amide bonds. The Morgan fingerprint density at radius 1 is 1.08 bits per heavy atom. The van der Waals surface area contributed by atoms with Gasteiger partial charge in [-0.3, -0.25) is 0 Å². The van der Waals surface area contributed by atoms with Gasteiger partial charge >= 0.3 is 6.03 Å². The summed E-state index contributed by atoms with van der Waals surface area (Å²) in [4.78, 5) is 29.5. The minimum absolute atomic E-state index is 0.344. The van der Waals surface area contributed by atoms with Crippen molar-refractivity contribution < 1.29 is 9.53 Å². The third-order valence-corrected chi connectivity index (χ3v) is 6.70. The number of amides is 2. The maximum atomic E-state index is 12.5. The van der Waals surface area contributed by atoms with E-state index >= 15 is 0 Å². The summed E-state index contributed by atoms with van der Waals surface area (Å²) in [6, 6.07) is 12.7. The molecule has 182 valence electrons. The number of carbonyl (C=O) groups is 1. The van der Waals surface area contributed by atoms with Gasteiger partial charge in [-0.1, -0.05) is 12.8 Å². The normalized spacial score (nSPS) is 13.9. The number of benzene rings is 2. The van der Waals surface area contributed by atoms with Gasteiger partial charge in [0.1, 0.15) is 29.4 Å². The molecule has 10 heteroatoms. The number of ether oxygens (including phenoxy) is 1. The molecule has 5 N–H and O–H groups in total. The van der Waals surface area contributed by atoms with E-state index in [1.807, 2.05) is 18.2 Å². The van der Waals surface area contributed by atoms with Gasteiger partial charge in [0.25, 0.3) is 0 Å². The minimum atomic E-state index is -0.344. The Balaban J connectivity index is 1.29. The molecule has 6 rings (SSSR count). The van der Waals surface area contributed by atoms with E-state index < -0.39 is 0 Å². The molecule has 0 saturated heterocycles. The SMILES string of the molecule is COc1ccc(NC(=O)Nc2ccc3nc(-c4cn(C5CCCC5)c5ncnc(N)c45)[nH]c3c2)cc1. The van der Waals surface area contributed by atoms with Crippen molar-refractivity contribution in [3.63, 3.8) is 0 Å². The van der Waals surface area contributed by atoms with Crippen LogP contribution in [0.25, 0.3) is 33.5 Å². The highest BCUT2D eigenvalue weighted by Crippen LogP contribution is 2.38. The molecule has 3 aromatic heterocycles. The predicted molar refractivity (Wildman–Crippen MR) is 140 cm³/mol. The van der Waals surface area contributed by atoms with Crippen LogP contribution in [0.15, 0.2) is 55.0 Å². The molecule has 3 heterocycles. The number of urea groups is 1. The van der Waals surface area contributed by atoms with E-state index in [4.69, 9.17) is 15.5 Å². The molecule has 1 aliphatic carbocycles. The van der Waals surface area contributed by atoms with Crippen molar-refractivity contribution in [2.75, 3.05) is 23.5 Å². The molecule has 1 saturated carbocycles. The van der Waals surface area contributed by atoms with Crippen LogP contribution >= 0.6 is 0 Å². The van der Waals surface area contributed by atoms with Gasteiger partial charge < -0.3 is 30.7 Å². The summed E-state index contributed by atoms with van der Waals surface area (Å²) in [5.41, 5.74) is 10.9. The molecule has 0 atom stereocenters. The van der Waals surface area contributed by atoms with Gasteiger partial charge in [-0.25, -0.2) is 19.7 Å². The first-order valence-corrected chi connectivity index (χ1v) is 11.9. The molecule has 0 unspecified atom stereocenters. The van der Waals surface area contributed by atoms with Crippen molar-refractivity contribution in [2.24, 2.45) is 0 Å². The largest absolute Gasteiger partial charge is 0.497 e. The number of hydrogen-bond acceptors (Lipinski definition) is 6. The Labute approximate surface area is 206 Å². The lowest BCUT2D eigenvalue weighted by Gasteiger charge is -2.12. The first-order chi connectivity index (χ1) is 17.6. The Bertz CT molecular complexity index is 1560. The second-order valence-electron chi connectivity index (χ2n) is 8.97.